The summed E-state index contributed by atoms with van der Waals surface area (Å²) in [5, 5.41) is 54.0. The fourth-order valence-corrected chi connectivity index (χ4v) is 10.7. The van der Waals surface area contributed by atoms with Crippen LogP contribution in [-0.2, 0) is 11.3 Å². The zero-order valence-electron chi connectivity index (χ0n) is 37.9. The van der Waals surface area contributed by atoms with Crippen LogP contribution in [0.3, 0.4) is 0 Å². The number of aliphatic imine (C=N–C) groups is 1. The third-order valence-corrected chi connectivity index (χ3v) is 14.7. The van der Waals surface area contributed by atoms with Gasteiger partial charge in [0.15, 0.2) is 17.7 Å². The molecule has 1 amide bonds. The second-order valence-corrected chi connectivity index (χ2v) is 19.6. The zero-order chi connectivity index (χ0) is 46.2. The van der Waals surface area contributed by atoms with Crippen LogP contribution in [0.4, 0.5) is 0 Å². The normalized spacial score (nSPS) is 17.0. The van der Waals surface area contributed by atoms with Crippen LogP contribution in [0.1, 0.15) is 95.8 Å². The van der Waals surface area contributed by atoms with Gasteiger partial charge >= 0.3 is 6.01 Å². The highest BCUT2D eigenvalue weighted by Gasteiger charge is 2.33. The van der Waals surface area contributed by atoms with E-state index in [0.717, 1.165) is 104 Å². The lowest BCUT2D eigenvalue weighted by Crippen LogP contribution is -2.46. The third-order valence-electron chi connectivity index (χ3n) is 13.3. The molecule has 342 valence electrons. The molecule has 3 aromatic carbocycles. The van der Waals surface area contributed by atoms with Crippen molar-refractivity contribution in [3.63, 3.8) is 0 Å². The first-order valence-electron chi connectivity index (χ1n) is 22.7. The molecule has 2 fully saturated rings. The number of aromatic nitrogens is 6. The Kier molecular flexibility index (Phi) is 13.0. The lowest BCUT2D eigenvalue weighted by atomic mass is 9.92. The van der Waals surface area contributed by atoms with Crippen LogP contribution in [0.2, 0.25) is 5.02 Å². The quantitative estimate of drug-likeness (QED) is 0.0780. The first-order valence-corrected chi connectivity index (χ1v) is 23.9. The first kappa shape index (κ1) is 45.1. The van der Waals surface area contributed by atoms with Crippen LogP contribution in [0.15, 0.2) is 65.7 Å². The van der Waals surface area contributed by atoms with E-state index in [0.29, 0.717) is 34.3 Å². The van der Waals surface area contributed by atoms with E-state index < -0.39 is 6.04 Å². The molecule has 1 atom stereocenters. The van der Waals surface area contributed by atoms with E-state index in [2.05, 4.69) is 65.8 Å². The van der Waals surface area contributed by atoms with Gasteiger partial charge in [-0.15, -0.1) is 26.6 Å². The minimum atomic E-state index is -0.489. The fourth-order valence-electron chi connectivity index (χ4n) is 9.40. The van der Waals surface area contributed by atoms with Gasteiger partial charge in [-0.3, -0.25) is 19.3 Å². The average Bonchev–Trinajstić information content (AvgIpc) is 3.95. The van der Waals surface area contributed by atoms with Gasteiger partial charge in [-0.25, -0.2) is 4.57 Å². The van der Waals surface area contributed by atoms with E-state index in [1.54, 1.807) is 17.4 Å². The number of halogens is 1. The van der Waals surface area contributed by atoms with Gasteiger partial charge < -0.3 is 25.5 Å². The van der Waals surface area contributed by atoms with E-state index in [1.165, 1.54) is 21.1 Å². The number of phenolic OH excluding ortho intramolecular Hbond substituents is 2. The molecule has 0 radical (unpaired) electrons. The van der Waals surface area contributed by atoms with Crippen molar-refractivity contribution in [3.05, 3.63) is 110 Å². The molecule has 3 aliphatic heterocycles. The molecule has 0 saturated carbocycles. The van der Waals surface area contributed by atoms with E-state index in [-0.39, 0.29) is 41.1 Å². The van der Waals surface area contributed by atoms with Crippen LogP contribution in [0, 0.1) is 44.4 Å². The maximum Gasteiger partial charge on any atom is 0.319 e. The monoisotopic (exact) mass is 926 g/mol. The summed E-state index contributed by atoms with van der Waals surface area (Å²) in [7, 11) is 0. The van der Waals surface area contributed by atoms with Gasteiger partial charge in [0, 0.05) is 52.6 Å². The molecule has 16 heteroatoms. The Hall–Kier alpha value is -6.05. The number of carbonyl (C=O) groups excluding carboxylic acids is 1. The Balaban J connectivity index is 0.749. The molecule has 9 rings (SSSR count). The molecule has 0 aliphatic carbocycles. The van der Waals surface area contributed by atoms with E-state index in [1.807, 2.05) is 69.3 Å². The van der Waals surface area contributed by atoms with Crippen molar-refractivity contribution in [2.45, 2.75) is 78.8 Å². The number of phenols is 2. The van der Waals surface area contributed by atoms with Crippen LogP contribution in [-0.4, -0.2) is 106 Å². The number of hydrogen-bond acceptors (Lipinski definition) is 12. The molecule has 3 aliphatic rings. The summed E-state index contributed by atoms with van der Waals surface area (Å²) in [6.45, 7) is 15.5. The van der Waals surface area contributed by atoms with Crippen LogP contribution < -0.4 is 5.32 Å². The number of carbonyl (C=O) groups is 1. The van der Waals surface area contributed by atoms with Gasteiger partial charge in [-0.1, -0.05) is 66.7 Å². The van der Waals surface area contributed by atoms with Gasteiger partial charge in [0.25, 0.3) is 0 Å². The Bertz CT molecular complexity index is 2840. The van der Waals surface area contributed by atoms with Gasteiger partial charge in [-0.2, -0.15) is 0 Å². The number of likely N-dealkylation sites (tertiary alicyclic amines) is 2. The maximum atomic E-state index is 13.7. The van der Waals surface area contributed by atoms with Crippen molar-refractivity contribution in [1.29, 1.82) is 0 Å². The number of aromatic hydroxyl groups is 3. The van der Waals surface area contributed by atoms with Gasteiger partial charge in [0.2, 0.25) is 5.91 Å². The fraction of sp³-hybridized carbons (Fsp3) is 0.400. The number of piperidine rings is 2. The van der Waals surface area contributed by atoms with Crippen LogP contribution in [0.25, 0.3) is 22.1 Å². The van der Waals surface area contributed by atoms with Crippen LogP contribution >= 0.6 is 22.9 Å². The van der Waals surface area contributed by atoms with Crippen molar-refractivity contribution >= 4 is 34.6 Å². The van der Waals surface area contributed by atoms with Crippen LogP contribution in [0.5, 0.6) is 17.5 Å². The Morgan fingerprint density at radius 1 is 0.879 bits per heavy atom. The number of benzene rings is 3. The summed E-state index contributed by atoms with van der Waals surface area (Å²) in [5.41, 5.74) is 6.91. The number of fused-ring (bicyclic) bond motifs is 3. The van der Waals surface area contributed by atoms with E-state index in [9.17, 15) is 20.1 Å². The number of thiophene rings is 1. The van der Waals surface area contributed by atoms with Crippen molar-refractivity contribution < 1.29 is 20.1 Å². The molecule has 4 N–H and O–H groups in total. The number of nitrogens with one attached hydrogen (secondary N) is 1. The lowest BCUT2D eigenvalue weighted by molar-refractivity contribution is -0.138. The molecule has 0 unspecified atom stereocenters. The molecule has 3 aromatic heterocycles. The number of nitrogens with zero attached hydrogens (tertiary/aromatic N) is 9. The second-order valence-electron chi connectivity index (χ2n) is 18.0. The highest BCUT2D eigenvalue weighted by atomic mass is 35.5. The summed E-state index contributed by atoms with van der Waals surface area (Å²) in [5.74, 6) is 9.20. The zero-order valence-corrected chi connectivity index (χ0v) is 39.5. The summed E-state index contributed by atoms with van der Waals surface area (Å²) in [6, 6.07) is 17.8. The smallest absolute Gasteiger partial charge is 0.319 e. The average molecular weight is 928 g/mol. The highest BCUT2D eigenvalue weighted by Crippen LogP contribution is 2.40. The van der Waals surface area contributed by atoms with Gasteiger partial charge in [0.1, 0.15) is 22.3 Å². The molecule has 0 bridgehead atoms. The first-order chi connectivity index (χ1) is 31.8. The molecule has 2 saturated heterocycles. The highest BCUT2D eigenvalue weighted by molar-refractivity contribution is 7.15. The largest absolute Gasteiger partial charge is 0.508 e. The molecule has 66 heavy (non-hydrogen) atoms. The molecule has 14 nitrogen and oxygen atoms in total. The summed E-state index contributed by atoms with van der Waals surface area (Å²) in [4.78, 5) is 24.6. The van der Waals surface area contributed by atoms with Gasteiger partial charge in [-0.05, 0) is 125 Å². The molecule has 6 aromatic rings. The van der Waals surface area contributed by atoms with E-state index >= 15 is 0 Å². The standard InChI is InChI=1S/C50H55ClN10O4S/c1-29(2)39-25-40(43(63)26-42(39)62)46-55-57-50(65)61(46)38-14-8-34(9-15-38)28-58-21-18-36(19-22-58)48(64)59-23-16-33(17-24-59)27-52-20-6-7-41-47-56-54-32(5)60(47)49-44(30(3)31(4)66-49)45(53-41)35-10-12-37(51)13-11-35/h8-15,25-26,29,33,36,41,52,62-63H,16-24,27-28H2,1-5H3,(H,57,65)/t41-/m0/s1. The number of aryl methyl sites for hydroxylation is 2. The van der Waals surface area contributed by atoms with Crippen molar-refractivity contribution in [3.8, 4) is 51.4 Å². The van der Waals surface area contributed by atoms with E-state index in [4.69, 9.17) is 16.6 Å². The predicted molar refractivity (Wildman–Crippen MR) is 257 cm³/mol. The SMILES string of the molecule is Cc1sc2c(c1C)C(c1ccc(Cl)cc1)=N[C@@H](C#CCNCC1CCN(C(=O)C3CCN(Cc4ccc(-n5c(O)nnc5-c5cc(C(C)C)c(O)cc5O)cc4)CC3)CC1)c1nnc(C)n1-2. The van der Waals surface area contributed by atoms with Crippen molar-refractivity contribution in [2.75, 3.05) is 39.3 Å². The topological polar surface area (TPSA) is 170 Å². The summed E-state index contributed by atoms with van der Waals surface area (Å²) < 4.78 is 3.59. The molecule has 0 spiro atoms. The Morgan fingerprint density at radius 3 is 2.32 bits per heavy atom. The molecule has 6 heterocycles. The van der Waals surface area contributed by atoms with Gasteiger partial charge in [0.05, 0.1) is 23.5 Å². The summed E-state index contributed by atoms with van der Waals surface area (Å²) in [6.07, 6.45) is 3.59. The predicted octanol–water partition coefficient (Wildman–Crippen LogP) is 8.03. The van der Waals surface area contributed by atoms with Crippen molar-refractivity contribution in [2.24, 2.45) is 16.8 Å². The Labute approximate surface area is 394 Å². The Morgan fingerprint density at radius 2 is 1.61 bits per heavy atom. The minimum absolute atomic E-state index is 0.00127. The maximum absolute atomic E-state index is 13.7. The number of amides is 1. The second kappa shape index (κ2) is 19.0. The molecular formula is C50H55ClN10O4S. The summed E-state index contributed by atoms with van der Waals surface area (Å²) >= 11 is 8.00. The minimum Gasteiger partial charge on any atom is -0.508 e. The van der Waals surface area contributed by atoms with Crippen molar-refractivity contribution in [1.82, 2.24) is 44.6 Å². The number of hydrogen-bond donors (Lipinski definition) is 4. The number of rotatable bonds is 10. The lowest BCUT2D eigenvalue weighted by Gasteiger charge is -2.37. The molecular weight excluding hydrogens is 872 g/mol. The third kappa shape index (κ3) is 9.07.